The number of nitrogens with zero attached hydrogens (tertiary/aromatic N) is 1. The van der Waals surface area contributed by atoms with Crippen molar-refractivity contribution in [3.05, 3.63) is 41.2 Å². The minimum absolute atomic E-state index is 0.0416. The van der Waals surface area contributed by atoms with Gasteiger partial charge in [-0.05, 0) is 31.5 Å². The van der Waals surface area contributed by atoms with Gasteiger partial charge in [0.15, 0.2) is 5.82 Å². The van der Waals surface area contributed by atoms with Crippen molar-refractivity contribution in [1.29, 1.82) is 0 Å². The molecule has 0 bridgehead atoms. The van der Waals surface area contributed by atoms with Gasteiger partial charge >= 0.3 is 5.97 Å². The molecule has 0 saturated carbocycles. The summed E-state index contributed by atoms with van der Waals surface area (Å²) in [6.07, 6.45) is 0. The maximum atomic E-state index is 12.1. The summed E-state index contributed by atoms with van der Waals surface area (Å²) in [6, 6.07) is 5.29. The Morgan fingerprint density at radius 1 is 1.30 bits per heavy atom. The number of anilines is 1. The second kappa shape index (κ2) is 4.97. The second-order valence-electron chi connectivity index (χ2n) is 4.21. The Labute approximate surface area is 115 Å². The highest BCUT2D eigenvalue weighted by Gasteiger charge is 2.19. The van der Waals surface area contributed by atoms with Gasteiger partial charge in [-0.3, -0.25) is 4.72 Å². The van der Waals surface area contributed by atoms with E-state index in [9.17, 15) is 13.2 Å². The molecule has 0 aliphatic heterocycles. The molecule has 2 rings (SSSR count). The molecule has 0 radical (unpaired) electrons. The second-order valence-corrected chi connectivity index (χ2v) is 5.89. The number of carboxylic acids is 1. The van der Waals surface area contributed by atoms with Crippen molar-refractivity contribution < 1.29 is 22.8 Å². The Morgan fingerprint density at radius 2 is 2.00 bits per heavy atom. The van der Waals surface area contributed by atoms with Gasteiger partial charge in [0.2, 0.25) is 0 Å². The lowest BCUT2D eigenvalue weighted by atomic mass is 10.1. The number of nitrogens with one attached hydrogen (secondary N) is 1. The summed E-state index contributed by atoms with van der Waals surface area (Å²) >= 11 is 0. The zero-order valence-electron chi connectivity index (χ0n) is 10.7. The van der Waals surface area contributed by atoms with E-state index in [0.717, 1.165) is 6.07 Å². The van der Waals surface area contributed by atoms with Gasteiger partial charge in [0.1, 0.15) is 5.76 Å². The fraction of sp³-hybridized carbons (Fsp3) is 0.167. The molecule has 0 atom stereocenters. The van der Waals surface area contributed by atoms with Crippen molar-refractivity contribution in [2.24, 2.45) is 0 Å². The van der Waals surface area contributed by atoms with Crippen molar-refractivity contribution >= 4 is 21.8 Å². The maximum Gasteiger partial charge on any atom is 0.335 e. The summed E-state index contributed by atoms with van der Waals surface area (Å²) in [5.41, 5.74) is 0.415. The Hall–Kier alpha value is -2.35. The molecule has 0 fully saturated rings. The van der Waals surface area contributed by atoms with Gasteiger partial charge < -0.3 is 9.63 Å². The molecule has 8 heteroatoms. The van der Waals surface area contributed by atoms with E-state index >= 15 is 0 Å². The third-order valence-electron chi connectivity index (χ3n) is 2.62. The van der Waals surface area contributed by atoms with Crippen LogP contribution >= 0.6 is 0 Å². The van der Waals surface area contributed by atoms with Gasteiger partial charge in [-0.15, -0.1) is 0 Å². The number of sulfonamides is 1. The number of aromatic nitrogens is 1. The summed E-state index contributed by atoms with van der Waals surface area (Å²) < 4.78 is 31.2. The van der Waals surface area contributed by atoms with E-state index in [0.29, 0.717) is 11.3 Å². The molecular weight excluding hydrogens is 284 g/mol. The topological polar surface area (TPSA) is 110 Å². The van der Waals surface area contributed by atoms with Gasteiger partial charge in [-0.25, -0.2) is 13.2 Å². The van der Waals surface area contributed by atoms with Gasteiger partial charge in [0.05, 0.1) is 10.5 Å². The molecule has 0 spiro atoms. The molecule has 0 unspecified atom stereocenters. The molecule has 20 heavy (non-hydrogen) atoms. The minimum atomic E-state index is -3.91. The van der Waals surface area contributed by atoms with Crippen LogP contribution in [0.2, 0.25) is 0 Å². The molecular formula is C12H12N2O5S. The molecule has 0 aliphatic carbocycles. The Kier molecular flexibility index (Phi) is 3.49. The molecule has 7 nitrogen and oxygen atoms in total. The molecule has 1 heterocycles. The summed E-state index contributed by atoms with van der Waals surface area (Å²) in [5.74, 6) is -0.686. The van der Waals surface area contributed by atoms with Gasteiger partial charge in [-0.2, -0.15) is 0 Å². The predicted octanol–water partition coefficient (Wildman–Crippen LogP) is 1.79. The van der Waals surface area contributed by atoms with E-state index in [1.165, 1.54) is 18.2 Å². The zero-order chi connectivity index (χ0) is 14.9. The average molecular weight is 296 g/mol. The van der Waals surface area contributed by atoms with Crippen molar-refractivity contribution in [3.63, 3.8) is 0 Å². The predicted molar refractivity (Wildman–Crippen MR) is 70.2 cm³/mol. The number of aryl methyl sites for hydroxylation is 2. The number of hydrogen-bond donors (Lipinski definition) is 2. The van der Waals surface area contributed by atoms with Gasteiger partial charge in [-0.1, -0.05) is 11.2 Å². The molecule has 1 aromatic carbocycles. The first-order chi connectivity index (χ1) is 9.29. The summed E-state index contributed by atoms with van der Waals surface area (Å²) in [6.45, 7) is 3.22. The smallest absolute Gasteiger partial charge is 0.335 e. The van der Waals surface area contributed by atoms with E-state index in [2.05, 4.69) is 9.88 Å². The number of benzene rings is 1. The molecule has 2 aromatic rings. The Morgan fingerprint density at radius 3 is 2.55 bits per heavy atom. The van der Waals surface area contributed by atoms with E-state index < -0.39 is 16.0 Å². The number of carbonyl (C=O) groups is 1. The summed E-state index contributed by atoms with van der Waals surface area (Å²) in [5, 5.41) is 12.5. The van der Waals surface area contributed by atoms with Crippen LogP contribution < -0.4 is 4.72 Å². The third-order valence-corrected chi connectivity index (χ3v) is 3.97. The first-order valence-corrected chi connectivity index (χ1v) is 7.08. The lowest BCUT2D eigenvalue weighted by Crippen LogP contribution is -2.14. The maximum absolute atomic E-state index is 12.1. The SMILES string of the molecule is Cc1cc(NS(=O)(=O)c2ccc(C)c(C(=O)O)c2)no1. The van der Waals surface area contributed by atoms with Crippen LogP contribution in [0.15, 0.2) is 33.7 Å². The zero-order valence-corrected chi connectivity index (χ0v) is 11.6. The first kappa shape index (κ1) is 14.1. The molecule has 1 aromatic heterocycles. The fourth-order valence-corrected chi connectivity index (χ4v) is 2.62. The number of carboxylic acid groups (broad SMARTS) is 1. The molecule has 2 N–H and O–H groups in total. The Balaban J connectivity index is 2.39. The molecule has 0 saturated heterocycles. The molecule has 0 amide bonds. The van der Waals surface area contributed by atoms with Crippen molar-refractivity contribution in [2.45, 2.75) is 18.7 Å². The van der Waals surface area contributed by atoms with Crippen LogP contribution in [-0.2, 0) is 10.0 Å². The van der Waals surface area contributed by atoms with Crippen LogP contribution in [-0.4, -0.2) is 24.7 Å². The monoisotopic (exact) mass is 296 g/mol. The molecule has 0 aliphatic rings. The fourth-order valence-electron chi connectivity index (χ4n) is 1.61. The quantitative estimate of drug-likeness (QED) is 0.890. The highest BCUT2D eigenvalue weighted by Crippen LogP contribution is 2.19. The Bertz CT molecular complexity index is 764. The van der Waals surface area contributed by atoms with Crippen molar-refractivity contribution in [1.82, 2.24) is 5.16 Å². The lowest BCUT2D eigenvalue weighted by Gasteiger charge is -2.07. The number of rotatable bonds is 4. The third kappa shape index (κ3) is 2.80. The summed E-state index contributed by atoms with van der Waals surface area (Å²) in [7, 11) is -3.91. The number of hydrogen-bond acceptors (Lipinski definition) is 5. The van der Waals surface area contributed by atoms with Crippen molar-refractivity contribution in [3.8, 4) is 0 Å². The van der Waals surface area contributed by atoms with Crippen LogP contribution in [0.3, 0.4) is 0 Å². The number of aromatic carboxylic acids is 1. The van der Waals surface area contributed by atoms with Crippen LogP contribution in [0.4, 0.5) is 5.82 Å². The van der Waals surface area contributed by atoms with Crippen LogP contribution in [0.1, 0.15) is 21.7 Å². The average Bonchev–Trinajstić information content (AvgIpc) is 2.73. The van der Waals surface area contributed by atoms with Gasteiger partial charge in [0, 0.05) is 6.07 Å². The minimum Gasteiger partial charge on any atom is -0.478 e. The highest BCUT2D eigenvalue weighted by molar-refractivity contribution is 7.92. The standard InChI is InChI=1S/C12H12N2O5S/c1-7-3-4-9(6-10(7)12(15)16)20(17,18)14-11-5-8(2)19-13-11/h3-6H,1-2H3,(H,13,14)(H,15,16). The molecule has 106 valence electrons. The highest BCUT2D eigenvalue weighted by atomic mass is 32.2. The van der Waals surface area contributed by atoms with Gasteiger partial charge in [0.25, 0.3) is 10.0 Å². The first-order valence-electron chi connectivity index (χ1n) is 5.60. The summed E-state index contributed by atoms with van der Waals surface area (Å²) in [4.78, 5) is 10.9. The van der Waals surface area contributed by atoms with Crippen LogP contribution in [0.5, 0.6) is 0 Å². The van der Waals surface area contributed by atoms with Crippen LogP contribution in [0.25, 0.3) is 0 Å². The van der Waals surface area contributed by atoms with E-state index in [1.54, 1.807) is 13.8 Å². The lowest BCUT2D eigenvalue weighted by molar-refractivity contribution is 0.0696. The normalized spacial score (nSPS) is 11.3. The van der Waals surface area contributed by atoms with Crippen LogP contribution in [0, 0.1) is 13.8 Å². The van der Waals surface area contributed by atoms with E-state index in [1.807, 2.05) is 0 Å². The van der Waals surface area contributed by atoms with Crippen molar-refractivity contribution in [2.75, 3.05) is 4.72 Å². The van der Waals surface area contributed by atoms with E-state index in [4.69, 9.17) is 9.63 Å². The van der Waals surface area contributed by atoms with E-state index in [-0.39, 0.29) is 16.3 Å². The largest absolute Gasteiger partial charge is 0.478 e.